The average molecular weight is 449 g/mol. The van der Waals surface area contributed by atoms with Crippen LogP contribution in [0.15, 0.2) is 59.8 Å². The maximum Gasteiger partial charge on any atom is 0.260 e. The Morgan fingerprint density at radius 3 is 2.69 bits per heavy atom. The quantitative estimate of drug-likeness (QED) is 0.427. The van der Waals surface area contributed by atoms with Crippen molar-refractivity contribution in [3.05, 3.63) is 71.5 Å². The van der Waals surface area contributed by atoms with Crippen LogP contribution in [-0.2, 0) is 4.79 Å². The Kier molecular flexibility index (Phi) is 5.38. The number of fused-ring (bicyclic) bond motifs is 3. The van der Waals surface area contributed by atoms with E-state index in [-0.39, 0.29) is 5.91 Å². The van der Waals surface area contributed by atoms with Gasteiger partial charge in [0.25, 0.3) is 5.91 Å². The first-order chi connectivity index (χ1) is 15.5. The van der Waals surface area contributed by atoms with E-state index in [2.05, 4.69) is 16.3 Å². The molecule has 0 saturated carbocycles. The van der Waals surface area contributed by atoms with Crippen LogP contribution in [0.3, 0.4) is 0 Å². The maximum atomic E-state index is 13.4. The molecule has 2 aromatic carbocycles. The first-order valence-corrected chi connectivity index (χ1v) is 11.4. The standard InChI is InChI=1S/C24H21FN4O2S/c1-15-14-21-26-27-24(29(21)19-7-3-2-6-18(15)19)32-20-8-4-5-13-28(23(20)31)22(30)16-9-11-17(25)12-10-16/h2-3,6-7,9-12,14,20H,4-5,8,13H2,1H3/t20-/m1/s1. The third kappa shape index (κ3) is 3.64. The number of para-hydroxylation sites is 1. The Labute approximate surface area is 188 Å². The molecule has 0 aliphatic carbocycles. The number of nitrogens with zero attached hydrogens (tertiary/aromatic N) is 4. The molecule has 0 radical (unpaired) electrons. The molecule has 2 amide bonds. The van der Waals surface area contributed by atoms with E-state index in [0.717, 1.165) is 35.0 Å². The number of aryl methyl sites for hydroxylation is 1. The molecule has 2 aromatic heterocycles. The van der Waals surface area contributed by atoms with E-state index in [1.165, 1.54) is 40.9 Å². The summed E-state index contributed by atoms with van der Waals surface area (Å²) < 4.78 is 15.2. The number of pyridine rings is 1. The minimum atomic E-state index is -0.450. The normalized spacial score (nSPS) is 17.1. The number of rotatable bonds is 3. The summed E-state index contributed by atoms with van der Waals surface area (Å²) in [6, 6.07) is 15.3. The van der Waals surface area contributed by atoms with E-state index in [0.29, 0.717) is 23.7 Å². The van der Waals surface area contributed by atoms with Crippen molar-refractivity contribution in [1.29, 1.82) is 0 Å². The van der Waals surface area contributed by atoms with Crippen molar-refractivity contribution < 1.29 is 14.0 Å². The van der Waals surface area contributed by atoms with Crippen molar-refractivity contribution in [2.24, 2.45) is 0 Å². The van der Waals surface area contributed by atoms with Crippen LogP contribution in [0, 0.1) is 12.7 Å². The molecule has 0 N–H and O–H groups in total. The van der Waals surface area contributed by atoms with Crippen LogP contribution in [0.2, 0.25) is 0 Å². The topological polar surface area (TPSA) is 67.6 Å². The molecule has 0 unspecified atom stereocenters. The number of benzene rings is 2. The summed E-state index contributed by atoms with van der Waals surface area (Å²) in [6.07, 6.45) is 2.21. The molecular formula is C24H21FN4O2S. The number of aromatic nitrogens is 3. The van der Waals surface area contributed by atoms with Gasteiger partial charge >= 0.3 is 0 Å². The molecule has 1 aliphatic heterocycles. The number of amides is 2. The fourth-order valence-electron chi connectivity index (χ4n) is 4.14. The van der Waals surface area contributed by atoms with Crippen molar-refractivity contribution in [3.63, 3.8) is 0 Å². The third-order valence-electron chi connectivity index (χ3n) is 5.80. The van der Waals surface area contributed by atoms with E-state index in [4.69, 9.17) is 0 Å². The van der Waals surface area contributed by atoms with Gasteiger partial charge < -0.3 is 0 Å². The van der Waals surface area contributed by atoms with Crippen LogP contribution in [0.5, 0.6) is 0 Å². The summed E-state index contributed by atoms with van der Waals surface area (Å²) >= 11 is 1.35. The zero-order valence-corrected chi connectivity index (χ0v) is 18.3. The molecule has 1 saturated heterocycles. The predicted molar refractivity (Wildman–Crippen MR) is 121 cm³/mol. The number of carbonyl (C=O) groups excluding carboxylic acids is 2. The summed E-state index contributed by atoms with van der Waals surface area (Å²) in [5.74, 6) is -1.05. The van der Waals surface area contributed by atoms with Crippen molar-refractivity contribution >= 4 is 40.1 Å². The van der Waals surface area contributed by atoms with Gasteiger partial charge in [-0.3, -0.25) is 18.9 Å². The highest BCUT2D eigenvalue weighted by Gasteiger charge is 2.33. The van der Waals surface area contributed by atoms with Gasteiger partial charge in [-0.2, -0.15) is 0 Å². The van der Waals surface area contributed by atoms with Gasteiger partial charge in [0, 0.05) is 17.5 Å². The van der Waals surface area contributed by atoms with Crippen LogP contribution >= 0.6 is 11.8 Å². The zero-order chi connectivity index (χ0) is 22.2. The number of likely N-dealkylation sites (tertiary alicyclic amines) is 1. The van der Waals surface area contributed by atoms with Gasteiger partial charge in [-0.1, -0.05) is 36.4 Å². The Bertz CT molecular complexity index is 1340. The average Bonchev–Trinajstić information content (AvgIpc) is 3.11. The summed E-state index contributed by atoms with van der Waals surface area (Å²) in [6.45, 7) is 2.40. The Hall–Kier alpha value is -3.26. The largest absolute Gasteiger partial charge is 0.278 e. The first-order valence-electron chi connectivity index (χ1n) is 10.5. The molecule has 6 nitrogen and oxygen atoms in total. The van der Waals surface area contributed by atoms with Gasteiger partial charge in [-0.05, 0) is 61.7 Å². The second kappa shape index (κ2) is 8.35. The maximum absolute atomic E-state index is 13.4. The highest BCUT2D eigenvalue weighted by Crippen LogP contribution is 2.32. The highest BCUT2D eigenvalue weighted by molar-refractivity contribution is 8.00. The molecule has 1 atom stereocenters. The SMILES string of the molecule is Cc1cc2nnc(S[C@@H]3CCCCN(C(=O)c4ccc(F)cc4)C3=O)n2c2ccccc12. The van der Waals surface area contributed by atoms with Crippen molar-refractivity contribution in [1.82, 2.24) is 19.5 Å². The molecule has 3 heterocycles. The zero-order valence-electron chi connectivity index (χ0n) is 17.5. The lowest BCUT2D eigenvalue weighted by atomic mass is 10.1. The molecule has 0 spiro atoms. The fourth-order valence-corrected chi connectivity index (χ4v) is 5.30. The number of hydrogen-bond acceptors (Lipinski definition) is 5. The number of thioether (sulfide) groups is 1. The molecule has 8 heteroatoms. The second-order valence-corrected chi connectivity index (χ2v) is 9.09. The minimum Gasteiger partial charge on any atom is -0.278 e. The Morgan fingerprint density at radius 2 is 1.88 bits per heavy atom. The highest BCUT2D eigenvalue weighted by atomic mass is 32.2. The summed E-state index contributed by atoms with van der Waals surface area (Å²) in [7, 11) is 0. The lowest BCUT2D eigenvalue weighted by Crippen LogP contribution is -2.41. The minimum absolute atomic E-state index is 0.241. The van der Waals surface area contributed by atoms with Gasteiger partial charge in [0.2, 0.25) is 5.91 Å². The molecular weight excluding hydrogens is 427 g/mol. The van der Waals surface area contributed by atoms with Crippen LogP contribution < -0.4 is 0 Å². The van der Waals surface area contributed by atoms with E-state index in [1.807, 2.05) is 35.6 Å². The Morgan fingerprint density at radius 1 is 1.09 bits per heavy atom. The molecule has 4 aromatic rings. The van der Waals surface area contributed by atoms with Crippen LogP contribution in [-0.4, -0.2) is 43.1 Å². The van der Waals surface area contributed by atoms with Crippen LogP contribution in [0.4, 0.5) is 4.39 Å². The van der Waals surface area contributed by atoms with Gasteiger partial charge in [0.1, 0.15) is 5.82 Å². The van der Waals surface area contributed by atoms with Crippen LogP contribution in [0.1, 0.15) is 35.2 Å². The molecule has 0 bridgehead atoms. The Balaban J connectivity index is 1.48. The molecule has 162 valence electrons. The number of hydrogen-bond donors (Lipinski definition) is 0. The third-order valence-corrected chi connectivity index (χ3v) is 6.99. The van der Waals surface area contributed by atoms with Gasteiger partial charge in [0.15, 0.2) is 10.8 Å². The smallest absolute Gasteiger partial charge is 0.260 e. The van der Waals surface area contributed by atoms with Gasteiger partial charge in [0.05, 0.1) is 10.8 Å². The predicted octanol–water partition coefficient (Wildman–Crippen LogP) is 4.64. The first kappa shape index (κ1) is 20.6. The van der Waals surface area contributed by atoms with Crippen molar-refractivity contribution in [2.45, 2.75) is 36.6 Å². The van der Waals surface area contributed by atoms with Crippen molar-refractivity contribution in [3.8, 4) is 0 Å². The molecule has 32 heavy (non-hydrogen) atoms. The number of halogens is 1. The van der Waals surface area contributed by atoms with Gasteiger partial charge in [-0.15, -0.1) is 10.2 Å². The van der Waals surface area contributed by atoms with Crippen LogP contribution in [0.25, 0.3) is 16.6 Å². The van der Waals surface area contributed by atoms with E-state index in [1.54, 1.807) is 0 Å². The van der Waals surface area contributed by atoms with E-state index >= 15 is 0 Å². The van der Waals surface area contributed by atoms with Crippen molar-refractivity contribution in [2.75, 3.05) is 6.54 Å². The number of carbonyl (C=O) groups is 2. The second-order valence-electron chi connectivity index (χ2n) is 7.92. The lowest BCUT2D eigenvalue weighted by Gasteiger charge is -2.22. The monoisotopic (exact) mass is 448 g/mol. The van der Waals surface area contributed by atoms with E-state index < -0.39 is 17.0 Å². The van der Waals surface area contributed by atoms with Gasteiger partial charge in [-0.25, -0.2) is 4.39 Å². The summed E-state index contributed by atoms with van der Waals surface area (Å²) in [5, 5.41) is 9.96. The molecule has 5 rings (SSSR count). The number of imide groups is 1. The fraction of sp³-hybridized carbons (Fsp3) is 0.250. The summed E-state index contributed by atoms with van der Waals surface area (Å²) in [4.78, 5) is 27.6. The molecule has 1 fully saturated rings. The summed E-state index contributed by atoms with van der Waals surface area (Å²) in [5.41, 5.74) is 3.12. The molecule has 1 aliphatic rings. The lowest BCUT2D eigenvalue weighted by molar-refractivity contribution is -0.127. The van der Waals surface area contributed by atoms with E-state index in [9.17, 15) is 14.0 Å².